The Morgan fingerprint density at radius 1 is 0.917 bits per heavy atom. The first-order valence-corrected chi connectivity index (χ1v) is 16.3. The van der Waals surface area contributed by atoms with Gasteiger partial charge in [0.15, 0.2) is 5.85 Å². The van der Waals surface area contributed by atoms with Gasteiger partial charge in [0.2, 0.25) is 7.37 Å². The zero-order chi connectivity index (χ0) is 26.2. The Bertz CT molecular complexity index is 1090. The Hall–Kier alpha value is -2.27. The molecule has 1 N–H and O–H groups in total. The number of benzene rings is 3. The first-order valence-electron chi connectivity index (χ1n) is 12.5. The molecule has 0 saturated heterocycles. The van der Waals surface area contributed by atoms with Crippen LogP contribution in [0, 0.1) is 0 Å². The third-order valence-electron chi connectivity index (χ3n) is 6.49. The summed E-state index contributed by atoms with van der Waals surface area (Å²) in [5.41, 5.74) is 1.00. The van der Waals surface area contributed by atoms with E-state index < -0.39 is 27.6 Å². The van der Waals surface area contributed by atoms with Gasteiger partial charge in [-0.3, -0.25) is 4.57 Å². The molecule has 0 aromatic heterocycles. The van der Waals surface area contributed by atoms with Crippen LogP contribution >= 0.6 is 7.37 Å². The number of hydrogen-bond acceptors (Lipinski definition) is 4. The summed E-state index contributed by atoms with van der Waals surface area (Å²) in [6, 6.07) is 30.5. The summed E-state index contributed by atoms with van der Waals surface area (Å²) in [5, 5.41) is 13.6. The van der Waals surface area contributed by atoms with Gasteiger partial charge in [0.05, 0.1) is 12.7 Å². The van der Waals surface area contributed by atoms with E-state index in [2.05, 4.69) is 51.6 Å². The maximum absolute atomic E-state index is 13.9. The summed E-state index contributed by atoms with van der Waals surface area (Å²) in [5.74, 6) is -1.31. The monoisotopic (exact) mass is 522 g/mol. The topological polar surface area (TPSA) is 55.8 Å². The minimum absolute atomic E-state index is 0.0808. The van der Waals surface area contributed by atoms with Crippen molar-refractivity contribution in [3.8, 4) is 0 Å². The van der Waals surface area contributed by atoms with E-state index in [1.54, 1.807) is 13.0 Å². The lowest BCUT2D eigenvalue weighted by Crippen LogP contribution is -2.68. The fourth-order valence-electron chi connectivity index (χ4n) is 4.86. The molecule has 0 fully saturated rings. The highest BCUT2D eigenvalue weighted by atomic mass is 31.2. The Kier molecular flexibility index (Phi) is 9.68. The van der Waals surface area contributed by atoms with Gasteiger partial charge in [-0.05, 0) is 27.9 Å². The fraction of sp³-hybridized carbons (Fsp3) is 0.333. The Labute approximate surface area is 217 Å². The molecule has 192 valence electrons. The van der Waals surface area contributed by atoms with Crippen molar-refractivity contribution in [3.63, 3.8) is 0 Å². The molecule has 1 unspecified atom stereocenters. The molecule has 0 aliphatic rings. The van der Waals surface area contributed by atoms with Crippen LogP contribution in [0.3, 0.4) is 0 Å². The Morgan fingerprint density at radius 3 is 1.81 bits per heavy atom. The average Bonchev–Trinajstić information content (AvgIpc) is 2.87. The second-order valence-electron chi connectivity index (χ2n) is 10.0. The van der Waals surface area contributed by atoms with Crippen molar-refractivity contribution in [2.45, 2.75) is 51.1 Å². The molecule has 36 heavy (non-hydrogen) atoms. The lowest BCUT2D eigenvalue weighted by Gasteiger charge is -2.46. The highest BCUT2D eigenvalue weighted by Gasteiger charge is 2.53. The average molecular weight is 523 g/mol. The lowest BCUT2D eigenvalue weighted by molar-refractivity contribution is 0.0678. The van der Waals surface area contributed by atoms with Gasteiger partial charge < -0.3 is 14.1 Å². The van der Waals surface area contributed by atoms with E-state index in [1.807, 2.05) is 66.7 Å². The largest absolute Gasteiger partial charge is 0.401 e. The van der Waals surface area contributed by atoms with Gasteiger partial charge in [0.25, 0.3) is 8.32 Å². The normalized spacial score (nSPS) is 15.6. The third kappa shape index (κ3) is 6.16. The summed E-state index contributed by atoms with van der Waals surface area (Å²) in [4.78, 5) is 0. The quantitative estimate of drug-likeness (QED) is 0.180. The van der Waals surface area contributed by atoms with E-state index in [4.69, 9.17) is 8.95 Å². The van der Waals surface area contributed by atoms with Crippen LogP contribution in [0.2, 0.25) is 5.04 Å². The van der Waals surface area contributed by atoms with Gasteiger partial charge in [0.1, 0.15) is 0 Å². The summed E-state index contributed by atoms with van der Waals surface area (Å²) in [6.45, 7) is 12.4. The number of aliphatic hydroxyl groups excluding tert-OH is 1. The molecule has 4 nitrogen and oxygen atoms in total. The Balaban J connectivity index is 2.23. The molecule has 0 heterocycles. The van der Waals surface area contributed by atoms with Crippen LogP contribution in [0.4, 0.5) is 0 Å². The van der Waals surface area contributed by atoms with E-state index in [9.17, 15) is 9.67 Å². The molecule has 3 atom stereocenters. The molecule has 0 bridgehead atoms. The van der Waals surface area contributed by atoms with Gasteiger partial charge in [-0.2, -0.15) is 0 Å². The second kappa shape index (κ2) is 12.3. The summed E-state index contributed by atoms with van der Waals surface area (Å²) in [6.07, 6.45) is 1.29. The van der Waals surface area contributed by atoms with Crippen LogP contribution in [-0.2, 0) is 19.9 Å². The van der Waals surface area contributed by atoms with Crippen LogP contribution in [0.1, 0.15) is 33.3 Å². The van der Waals surface area contributed by atoms with E-state index in [1.165, 1.54) is 0 Å². The minimum Gasteiger partial charge on any atom is -0.401 e. The van der Waals surface area contributed by atoms with Crippen LogP contribution < -0.4 is 10.4 Å². The molecule has 0 aliphatic carbocycles. The molecular weight excluding hydrogens is 483 g/mol. The van der Waals surface area contributed by atoms with Crippen molar-refractivity contribution < 1.29 is 18.6 Å². The first kappa shape index (κ1) is 28.3. The summed E-state index contributed by atoms with van der Waals surface area (Å²) in [7, 11) is -6.51. The molecule has 3 aromatic rings. The summed E-state index contributed by atoms with van der Waals surface area (Å²) >= 11 is 0. The van der Waals surface area contributed by atoms with E-state index >= 15 is 0 Å². The van der Waals surface area contributed by atoms with Crippen LogP contribution in [0.15, 0.2) is 104 Å². The molecule has 0 amide bonds. The molecule has 3 rings (SSSR count). The minimum atomic E-state index is -3.49. The Morgan fingerprint density at radius 2 is 1.39 bits per heavy atom. The van der Waals surface area contributed by atoms with Gasteiger partial charge in [-0.1, -0.05) is 118 Å². The zero-order valence-corrected chi connectivity index (χ0v) is 23.7. The van der Waals surface area contributed by atoms with Crippen LogP contribution in [0.25, 0.3) is 0 Å². The van der Waals surface area contributed by atoms with E-state index in [0.29, 0.717) is 6.42 Å². The van der Waals surface area contributed by atoms with Crippen LogP contribution in [0.5, 0.6) is 0 Å². The maximum Gasteiger partial charge on any atom is 0.261 e. The molecule has 0 radical (unpaired) electrons. The first-order chi connectivity index (χ1) is 17.2. The second-order valence-corrected chi connectivity index (χ2v) is 16.9. The smallest absolute Gasteiger partial charge is 0.261 e. The van der Waals surface area contributed by atoms with Gasteiger partial charge in [-0.15, -0.1) is 6.58 Å². The highest BCUT2D eigenvalue weighted by Crippen LogP contribution is 2.53. The molecule has 6 heteroatoms. The SMILES string of the molecule is C=CCP(=O)(OCC)[C@H](O)[C@H](Cc1ccccc1)O[Si](c1ccccc1)(c1ccccc1)C(C)(C)C. The predicted molar refractivity (Wildman–Crippen MR) is 153 cm³/mol. The molecule has 0 spiro atoms. The summed E-state index contributed by atoms with van der Waals surface area (Å²) < 4.78 is 27.0. The van der Waals surface area contributed by atoms with E-state index in [-0.39, 0.29) is 17.8 Å². The molecular formula is C30H39O4PSi. The van der Waals surface area contributed by atoms with Crippen molar-refractivity contribution in [1.82, 2.24) is 0 Å². The standard InChI is InChI=1S/C30H39O4PSi/c1-6-23-35(32,33-7-2)29(31)28(24-25-17-11-8-12-18-25)34-36(30(3,4)5,26-19-13-9-14-20-26)27-21-15-10-16-22-27/h6,8-22,28-29,31H,1,7,23-24H2,2-5H3/t28-,29-,35?/m0/s1. The maximum atomic E-state index is 13.9. The fourth-order valence-corrected chi connectivity index (χ4v) is 11.6. The lowest BCUT2D eigenvalue weighted by atomic mass is 10.1. The number of hydrogen-bond donors (Lipinski definition) is 1. The van der Waals surface area contributed by atoms with Crippen molar-refractivity contribution in [2.24, 2.45) is 0 Å². The molecule has 3 aromatic carbocycles. The van der Waals surface area contributed by atoms with Crippen molar-refractivity contribution >= 4 is 26.1 Å². The van der Waals surface area contributed by atoms with Gasteiger partial charge in [0, 0.05) is 12.6 Å². The predicted octanol–water partition coefficient (Wildman–Crippen LogP) is 5.99. The number of allylic oxidation sites excluding steroid dienone is 1. The third-order valence-corrected chi connectivity index (χ3v) is 14.2. The van der Waals surface area contributed by atoms with Gasteiger partial charge in [-0.25, -0.2) is 0 Å². The number of aliphatic hydroxyl groups is 1. The van der Waals surface area contributed by atoms with Crippen LogP contribution in [-0.4, -0.2) is 38.1 Å². The number of rotatable bonds is 12. The van der Waals surface area contributed by atoms with Crippen molar-refractivity contribution in [2.75, 3.05) is 12.8 Å². The molecule has 0 saturated carbocycles. The zero-order valence-electron chi connectivity index (χ0n) is 21.8. The van der Waals surface area contributed by atoms with E-state index in [0.717, 1.165) is 15.9 Å². The van der Waals surface area contributed by atoms with Crippen molar-refractivity contribution in [1.29, 1.82) is 0 Å². The van der Waals surface area contributed by atoms with Gasteiger partial charge >= 0.3 is 0 Å². The highest BCUT2D eigenvalue weighted by molar-refractivity contribution is 7.59. The van der Waals surface area contributed by atoms with Crippen molar-refractivity contribution in [3.05, 3.63) is 109 Å². The molecule has 0 aliphatic heterocycles.